The molecule has 0 saturated carbocycles. The van der Waals surface area contributed by atoms with E-state index in [1.54, 1.807) is 6.08 Å². The van der Waals surface area contributed by atoms with E-state index < -0.39 is 5.95 Å². The van der Waals surface area contributed by atoms with Crippen molar-refractivity contribution in [3.8, 4) is 0 Å². The first-order valence-electron chi connectivity index (χ1n) is 4.66. The van der Waals surface area contributed by atoms with Crippen LogP contribution in [0.15, 0.2) is 30.5 Å². The molecule has 0 aliphatic carbocycles. The number of diazo groups is 1. The summed E-state index contributed by atoms with van der Waals surface area (Å²) in [5.74, 6) is -0.408. The number of hydrogen-bond donors (Lipinski definition) is 1. The first-order chi connectivity index (χ1) is 6.91. The number of nitrogens with zero attached hydrogens (tertiary/aromatic N) is 2. The van der Waals surface area contributed by atoms with E-state index >= 15 is 0 Å². The first kappa shape index (κ1) is 13.3. The van der Waals surface area contributed by atoms with Crippen molar-refractivity contribution in [2.24, 2.45) is 5.41 Å². The Hall–Kier alpha value is -1.72. The molecular formula is C11H17N2O2+. The summed E-state index contributed by atoms with van der Waals surface area (Å²) in [5.41, 5.74) is 2.50. The summed E-state index contributed by atoms with van der Waals surface area (Å²) >= 11 is 0. The summed E-state index contributed by atoms with van der Waals surface area (Å²) < 4.78 is 5.22. The summed E-state index contributed by atoms with van der Waals surface area (Å²) in [6, 6.07) is 0. The van der Waals surface area contributed by atoms with E-state index in [2.05, 4.69) is 17.3 Å². The highest BCUT2D eigenvalue weighted by Crippen LogP contribution is 2.26. The van der Waals surface area contributed by atoms with Crippen molar-refractivity contribution < 1.29 is 9.84 Å². The number of aliphatic hydroxyl groups excluding tert-OH is 1. The van der Waals surface area contributed by atoms with Crippen molar-refractivity contribution in [2.45, 2.75) is 33.3 Å². The molecule has 15 heavy (non-hydrogen) atoms. The van der Waals surface area contributed by atoms with Gasteiger partial charge in [-0.3, -0.25) is 0 Å². The zero-order valence-electron chi connectivity index (χ0n) is 9.40. The molecule has 0 aromatic rings. The van der Waals surface area contributed by atoms with E-state index in [1.165, 1.54) is 0 Å². The zero-order valence-corrected chi connectivity index (χ0v) is 9.40. The maximum Gasteiger partial charge on any atom is 0.429 e. The van der Waals surface area contributed by atoms with Gasteiger partial charge in [0.25, 0.3) is 0 Å². The Morgan fingerprint density at radius 3 is 2.67 bits per heavy atom. The van der Waals surface area contributed by atoms with Crippen LogP contribution in [0, 0.1) is 10.8 Å². The molecule has 0 saturated heterocycles. The van der Waals surface area contributed by atoms with Crippen LogP contribution >= 0.6 is 0 Å². The van der Waals surface area contributed by atoms with E-state index in [9.17, 15) is 5.11 Å². The van der Waals surface area contributed by atoms with Gasteiger partial charge in [0, 0.05) is 6.42 Å². The van der Waals surface area contributed by atoms with Crippen LogP contribution in [0.1, 0.15) is 27.2 Å². The van der Waals surface area contributed by atoms with Crippen LogP contribution in [-0.4, -0.2) is 11.2 Å². The summed E-state index contributed by atoms with van der Waals surface area (Å²) in [4.78, 5) is 2.68. The van der Waals surface area contributed by atoms with Gasteiger partial charge in [-0.2, -0.15) is 0 Å². The van der Waals surface area contributed by atoms with Gasteiger partial charge in [0.2, 0.25) is 5.39 Å². The average molecular weight is 209 g/mol. The highest BCUT2D eigenvalue weighted by molar-refractivity contribution is 4.92. The maximum atomic E-state index is 9.22. The standard InChI is InChI=1S/C11H16N2O2/c1-5-6-7-9(11(2,3)4)15-10(14)8-13-12/h6,8-9H,1,7H2,2-4H3/p+1/b10-8+. The molecule has 4 heteroatoms. The molecule has 0 amide bonds. The van der Waals surface area contributed by atoms with Crippen LogP contribution < -0.4 is 0 Å². The van der Waals surface area contributed by atoms with Crippen LogP contribution in [0.5, 0.6) is 0 Å². The third kappa shape index (κ3) is 5.56. The third-order valence-electron chi connectivity index (χ3n) is 1.87. The van der Waals surface area contributed by atoms with Crippen molar-refractivity contribution >= 4 is 0 Å². The molecule has 0 aromatic heterocycles. The van der Waals surface area contributed by atoms with Gasteiger partial charge >= 0.3 is 12.1 Å². The largest absolute Gasteiger partial charge is 0.476 e. The molecular weight excluding hydrogens is 192 g/mol. The molecule has 0 radical (unpaired) electrons. The number of ether oxygens (including phenoxy) is 1. The average Bonchev–Trinajstić information content (AvgIpc) is 2.10. The lowest BCUT2D eigenvalue weighted by atomic mass is 9.87. The van der Waals surface area contributed by atoms with Gasteiger partial charge in [-0.15, -0.1) is 5.73 Å². The van der Waals surface area contributed by atoms with E-state index in [-0.39, 0.29) is 11.5 Å². The highest BCUT2D eigenvalue weighted by atomic mass is 16.6. The quantitative estimate of drug-likeness (QED) is 0.438. The first-order valence-corrected chi connectivity index (χ1v) is 4.66. The van der Waals surface area contributed by atoms with E-state index in [4.69, 9.17) is 10.1 Å². The minimum Gasteiger partial charge on any atom is -0.476 e. The molecule has 0 aliphatic rings. The van der Waals surface area contributed by atoms with Crippen LogP contribution in [-0.2, 0) is 4.74 Å². The lowest BCUT2D eigenvalue weighted by Gasteiger charge is -2.28. The molecule has 4 nitrogen and oxygen atoms in total. The molecule has 1 N–H and O–H groups in total. The fourth-order valence-electron chi connectivity index (χ4n) is 0.994. The monoisotopic (exact) mass is 209 g/mol. The molecule has 0 aromatic carbocycles. The van der Waals surface area contributed by atoms with Crippen LogP contribution in [0.25, 0.3) is 4.98 Å². The van der Waals surface area contributed by atoms with Crippen LogP contribution in [0.3, 0.4) is 0 Å². The van der Waals surface area contributed by atoms with Crippen molar-refractivity contribution in [1.82, 2.24) is 0 Å². The topological polar surface area (TPSA) is 57.6 Å². The second kappa shape index (κ2) is 5.90. The lowest BCUT2D eigenvalue weighted by molar-refractivity contribution is -0.0243. The number of rotatable bonds is 4. The molecule has 0 fully saturated rings. The molecule has 1 atom stereocenters. The Bertz CT molecular complexity index is 314. The zero-order chi connectivity index (χ0) is 11.9. The van der Waals surface area contributed by atoms with Gasteiger partial charge in [-0.05, 0) is 11.5 Å². The number of aliphatic hydroxyl groups is 1. The summed E-state index contributed by atoms with van der Waals surface area (Å²) in [6.07, 6.45) is 2.93. The van der Waals surface area contributed by atoms with Crippen molar-refractivity contribution in [3.05, 3.63) is 35.5 Å². The molecule has 0 rings (SSSR count). The van der Waals surface area contributed by atoms with Crippen molar-refractivity contribution in [3.63, 3.8) is 0 Å². The van der Waals surface area contributed by atoms with Gasteiger partial charge in [0.05, 0.1) is 0 Å². The van der Waals surface area contributed by atoms with Gasteiger partial charge in [0.1, 0.15) is 6.10 Å². The number of hydrogen-bond acceptors (Lipinski definition) is 3. The maximum absolute atomic E-state index is 9.22. The second-order valence-corrected chi connectivity index (χ2v) is 4.20. The molecule has 0 spiro atoms. The van der Waals surface area contributed by atoms with E-state index in [1.807, 2.05) is 20.8 Å². The molecule has 0 aliphatic heterocycles. The smallest absolute Gasteiger partial charge is 0.429 e. The van der Waals surface area contributed by atoms with Gasteiger partial charge in [-0.25, -0.2) is 0 Å². The van der Waals surface area contributed by atoms with E-state index in [0.29, 0.717) is 6.42 Å². The van der Waals surface area contributed by atoms with Crippen molar-refractivity contribution in [1.29, 1.82) is 5.39 Å². The molecule has 0 heterocycles. The van der Waals surface area contributed by atoms with Crippen LogP contribution in [0.2, 0.25) is 0 Å². The lowest BCUT2D eigenvalue weighted by Crippen LogP contribution is -2.28. The molecule has 1 unspecified atom stereocenters. The Balaban J connectivity index is 4.60. The van der Waals surface area contributed by atoms with Crippen LogP contribution in [0.4, 0.5) is 0 Å². The van der Waals surface area contributed by atoms with Gasteiger partial charge in [-0.1, -0.05) is 27.4 Å². The predicted molar refractivity (Wildman–Crippen MR) is 58.5 cm³/mol. The minimum atomic E-state index is -0.408. The van der Waals surface area contributed by atoms with Gasteiger partial charge in [0.15, 0.2) is 4.98 Å². The predicted octanol–water partition coefficient (Wildman–Crippen LogP) is 3.36. The Morgan fingerprint density at radius 2 is 2.27 bits per heavy atom. The molecule has 0 bridgehead atoms. The van der Waals surface area contributed by atoms with E-state index in [0.717, 1.165) is 6.20 Å². The third-order valence-corrected chi connectivity index (χ3v) is 1.87. The van der Waals surface area contributed by atoms with Crippen molar-refractivity contribution in [2.75, 3.05) is 0 Å². The second-order valence-electron chi connectivity index (χ2n) is 4.20. The molecule has 82 valence electrons. The normalized spacial score (nSPS) is 13.6. The fourth-order valence-corrected chi connectivity index (χ4v) is 0.994. The highest BCUT2D eigenvalue weighted by Gasteiger charge is 2.27. The Morgan fingerprint density at radius 1 is 1.67 bits per heavy atom. The van der Waals surface area contributed by atoms with Gasteiger partial charge < -0.3 is 9.84 Å². The minimum absolute atomic E-state index is 0.148. The summed E-state index contributed by atoms with van der Waals surface area (Å²) in [7, 11) is 0. The summed E-state index contributed by atoms with van der Waals surface area (Å²) in [6.45, 7) is 9.41. The Kier molecular flexibility index (Phi) is 5.22. The summed E-state index contributed by atoms with van der Waals surface area (Å²) in [5, 5.41) is 17.4. The SMILES string of the molecule is C=C=CCC(O/C(O)=C/[N+]#N)C(C)(C)C. The fraction of sp³-hybridized carbons (Fsp3) is 0.545. The Labute approximate surface area is 90.2 Å².